The third-order valence-electron chi connectivity index (χ3n) is 3.77. The maximum atomic E-state index is 12.1. The second kappa shape index (κ2) is 7.75. The van der Waals surface area contributed by atoms with Gasteiger partial charge in [-0.1, -0.05) is 24.3 Å². The number of amides is 1. The summed E-state index contributed by atoms with van der Waals surface area (Å²) in [5.41, 5.74) is 3.54. The van der Waals surface area contributed by atoms with Crippen molar-refractivity contribution in [2.75, 3.05) is 19.8 Å². The molecule has 0 fully saturated rings. The molecular formula is C19H21N3O2. The summed E-state index contributed by atoms with van der Waals surface area (Å²) in [4.78, 5) is 19.9. The van der Waals surface area contributed by atoms with Crippen LogP contribution in [0.25, 0.3) is 22.4 Å². The molecule has 1 amide bonds. The summed E-state index contributed by atoms with van der Waals surface area (Å²) in [5, 5.41) is 2.90. The SMILES string of the molecule is CCOCCCNC(=O)c1ccc(-c2nc3ccccc3[nH]2)cc1. The van der Waals surface area contributed by atoms with E-state index in [9.17, 15) is 4.79 Å². The highest BCUT2D eigenvalue weighted by Crippen LogP contribution is 2.20. The molecule has 0 saturated heterocycles. The van der Waals surface area contributed by atoms with Gasteiger partial charge in [-0.15, -0.1) is 0 Å². The molecule has 3 rings (SSSR count). The number of carbonyl (C=O) groups excluding carboxylic acids is 1. The lowest BCUT2D eigenvalue weighted by Gasteiger charge is -2.06. The fraction of sp³-hybridized carbons (Fsp3) is 0.263. The van der Waals surface area contributed by atoms with Crippen LogP contribution in [0.3, 0.4) is 0 Å². The molecule has 0 atom stereocenters. The molecule has 0 unspecified atom stereocenters. The number of H-pyrrole nitrogens is 1. The maximum Gasteiger partial charge on any atom is 0.251 e. The Labute approximate surface area is 141 Å². The third-order valence-corrected chi connectivity index (χ3v) is 3.77. The van der Waals surface area contributed by atoms with Crippen LogP contribution < -0.4 is 5.32 Å². The van der Waals surface area contributed by atoms with Gasteiger partial charge in [0.1, 0.15) is 5.82 Å². The molecule has 1 aromatic heterocycles. The minimum absolute atomic E-state index is 0.0670. The quantitative estimate of drug-likeness (QED) is 0.655. The molecule has 0 bridgehead atoms. The molecule has 124 valence electrons. The van der Waals surface area contributed by atoms with Gasteiger partial charge in [-0.2, -0.15) is 0 Å². The first-order chi connectivity index (χ1) is 11.8. The number of para-hydroxylation sites is 2. The van der Waals surface area contributed by atoms with Gasteiger partial charge >= 0.3 is 0 Å². The zero-order valence-electron chi connectivity index (χ0n) is 13.7. The van der Waals surface area contributed by atoms with E-state index in [1.807, 2.05) is 55.5 Å². The molecule has 0 radical (unpaired) electrons. The first-order valence-corrected chi connectivity index (χ1v) is 8.19. The average molecular weight is 323 g/mol. The predicted octanol–water partition coefficient (Wildman–Crippen LogP) is 3.39. The number of hydrogen-bond donors (Lipinski definition) is 2. The largest absolute Gasteiger partial charge is 0.382 e. The van der Waals surface area contributed by atoms with Crippen LogP contribution in [0.2, 0.25) is 0 Å². The zero-order valence-corrected chi connectivity index (χ0v) is 13.7. The fourth-order valence-corrected chi connectivity index (χ4v) is 2.49. The minimum atomic E-state index is -0.0670. The Morgan fingerprint density at radius 1 is 1.17 bits per heavy atom. The maximum absolute atomic E-state index is 12.1. The van der Waals surface area contributed by atoms with E-state index in [1.165, 1.54) is 0 Å². The van der Waals surface area contributed by atoms with Crippen LogP contribution in [0, 0.1) is 0 Å². The van der Waals surface area contributed by atoms with Crippen molar-refractivity contribution < 1.29 is 9.53 Å². The van der Waals surface area contributed by atoms with Crippen LogP contribution >= 0.6 is 0 Å². The van der Waals surface area contributed by atoms with Crippen LogP contribution in [0.5, 0.6) is 0 Å². The Bertz CT molecular complexity index is 776. The Morgan fingerprint density at radius 2 is 1.96 bits per heavy atom. The summed E-state index contributed by atoms with van der Waals surface area (Å²) in [6.07, 6.45) is 0.816. The van der Waals surface area contributed by atoms with E-state index in [1.54, 1.807) is 0 Å². The number of aromatic amines is 1. The molecule has 1 heterocycles. The van der Waals surface area contributed by atoms with Gasteiger partial charge in [-0.25, -0.2) is 4.98 Å². The van der Waals surface area contributed by atoms with Crippen molar-refractivity contribution in [2.24, 2.45) is 0 Å². The normalized spacial score (nSPS) is 10.9. The monoisotopic (exact) mass is 323 g/mol. The molecular weight excluding hydrogens is 302 g/mol. The van der Waals surface area contributed by atoms with Crippen LogP contribution in [-0.2, 0) is 4.74 Å². The summed E-state index contributed by atoms with van der Waals surface area (Å²) in [5.74, 6) is 0.738. The van der Waals surface area contributed by atoms with E-state index >= 15 is 0 Å². The van der Waals surface area contributed by atoms with Crippen LogP contribution in [0.4, 0.5) is 0 Å². The van der Waals surface area contributed by atoms with Gasteiger partial charge in [0, 0.05) is 30.9 Å². The van der Waals surface area contributed by atoms with E-state index in [0.717, 1.165) is 28.8 Å². The van der Waals surface area contributed by atoms with Crippen molar-refractivity contribution in [3.05, 3.63) is 54.1 Å². The Morgan fingerprint density at radius 3 is 2.71 bits per heavy atom. The predicted molar refractivity (Wildman–Crippen MR) is 95.0 cm³/mol. The van der Waals surface area contributed by atoms with Crippen LogP contribution in [-0.4, -0.2) is 35.6 Å². The van der Waals surface area contributed by atoms with E-state index in [0.29, 0.717) is 25.3 Å². The zero-order chi connectivity index (χ0) is 16.8. The molecule has 3 aromatic rings. The number of aromatic nitrogens is 2. The molecule has 5 nitrogen and oxygen atoms in total. The topological polar surface area (TPSA) is 67.0 Å². The van der Waals surface area contributed by atoms with Gasteiger partial charge < -0.3 is 15.0 Å². The highest BCUT2D eigenvalue weighted by molar-refractivity contribution is 5.94. The van der Waals surface area contributed by atoms with Crippen molar-refractivity contribution >= 4 is 16.9 Å². The van der Waals surface area contributed by atoms with Gasteiger partial charge in [0.05, 0.1) is 11.0 Å². The molecule has 0 saturated carbocycles. The summed E-state index contributed by atoms with van der Waals surface area (Å²) in [7, 11) is 0. The van der Waals surface area contributed by atoms with E-state index in [-0.39, 0.29) is 5.91 Å². The first kappa shape index (κ1) is 16.2. The van der Waals surface area contributed by atoms with E-state index in [2.05, 4.69) is 15.3 Å². The fourth-order valence-electron chi connectivity index (χ4n) is 2.49. The van der Waals surface area contributed by atoms with Gasteiger partial charge in [-0.05, 0) is 37.6 Å². The second-order valence-electron chi connectivity index (χ2n) is 5.49. The number of hydrogen-bond acceptors (Lipinski definition) is 3. The molecule has 5 heteroatoms. The molecule has 2 aromatic carbocycles. The number of nitrogens with one attached hydrogen (secondary N) is 2. The number of rotatable bonds is 7. The van der Waals surface area contributed by atoms with Crippen LogP contribution in [0.1, 0.15) is 23.7 Å². The van der Waals surface area contributed by atoms with Gasteiger partial charge in [0.25, 0.3) is 5.91 Å². The molecule has 24 heavy (non-hydrogen) atoms. The second-order valence-corrected chi connectivity index (χ2v) is 5.49. The summed E-state index contributed by atoms with van der Waals surface area (Å²) in [6, 6.07) is 15.4. The molecule has 2 N–H and O–H groups in total. The number of ether oxygens (including phenoxy) is 1. The Hall–Kier alpha value is -2.66. The van der Waals surface area contributed by atoms with Gasteiger partial charge in [0.15, 0.2) is 0 Å². The molecule has 0 aliphatic rings. The lowest BCUT2D eigenvalue weighted by molar-refractivity contribution is 0.0944. The summed E-state index contributed by atoms with van der Waals surface area (Å²) in [6.45, 7) is 3.95. The van der Waals surface area contributed by atoms with Crippen molar-refractivity contribution in [3.63, 3.8) is 0 Å². The number of nitrogens with zero attached hydrogens (tertiary/aromatic N) is 1. The van der Waals surface area contributed by atoms with Crippen molar-refractivity contribution in [1.29, 1.82) is 0 Å². The van der Waals surface area contributed by atoms with E-state index < -0.39 is 0 Å². The Kier molecular flexibility index (Phi) is 5.23. The summed E-state index contributed by atoms with van der Waals surface area (Å²) < 4.78 is 5.25. The highest BCUT2D eigenvalue weighted by atomic mass is 16.5. The minimum Gasteiger partial charge on any atom is -0.382 e. The van der Waals surface area contributed by atoms with E-state index in [4.69, 9.17) is 4.74 Å². The smallest absolute Gasteiger partial charge is 0.251 e. The molecule has 0 aliphatic carbocycles. The standard InChI is InChI=1S/C19H21N3O2/c1-2-24-13-5-12-20-19(23)15-10-8-14(9-11-15)18-21-16-6-3-4-7-17(16)22-18/h3-4,6-11H,2,5,12-13H2,1H3,(H,20,23)(H,21,22). The van der Waals surface area contributed by atoms with Crippen LogP contribution in [0.15, 0.2) is 48.5 Å². The lowest BCUT2D eigenvalue weighted by atomic mass is 10.1. The molecule has 0 aliphatic heterocycles. The van der Waals surface area contributed by atoms with Gasteiger partial charge in [0.2, 0.25) is 0 Å². The first-order valence-electron chi connectivity index (χ1n) is 8.19. The summed E-state index contributed by atoms with van der Waals surface area (Å²) >= 11 is 0. The average Bonchev–Trinajstić information content (AvgIpc) is 3.05. The number of carbonyl (C=O) groups is 1. The number of imidazole rings is 1. The van der Waals surface area contributed by atoms with Crippen molar-refractivity contribution in [3.8, 4) is 11.4 Å². The van der Waals surface area contributed by atoms with Crippen molar-refractivity contribution in [1.82, 2.24) is 15.3 Å². The lowest BCUT2D eigenvalue weighted by Crippen LogP contribution is -2.25. The highest BCUT2D eigenvalue weighted by Gasteiger charge is 2.08. The third kappa shape index (κ3) is 3.81. The van der Waals surface area contributed by atoms with Crippen molar-refractivity contribution in [2.45, 2.75) is 13.3 Å². The number of fused-ring (bicyclic) bond motifs is 1. The molecule has 0 spiro atoms. The number of benzene rings is 2. The van der Waals surface area contributed by atoms with Gasteiger partial charge in [-0.3, -0.25) is 4.79 Å². The Balaban J connectivity index is 1.63.